The Morgan fingerprint density at radius 3 is 2.77 bits per heavy atom. The molecule has 0 atom stereocenters. The summed E-state index contributed by atoms with van der Waals surface area (Å²) in [5.74, 6) is 0.576. The third kappa shape index (κ3) is 5.15. The molecule has 0 spiro atoms. The van der Waals surface area contributed by atoms with E-state index in [0.29, 0.717) is 23.8 Å². The molecule has 0 bridgehead atoms. The summed E-state index contributed by atoms with van der Waals surface area (Å²) < 4.78 is 37.1. The molecular weight excluding hydrogens is 306 g/mol. The highest BCUT2D eigenvalue weighted by atomic mass is 32.2. The number of phenolic OH excluding ortho intramolecular Hbond substituents is 1. The number of aromatic hydroxyl groups is 1. The van der Waals surface area contributed by atoms with Gasteiger partial charge in [0.25, 0.3) is 0 Å². The highest BCUT2D eigenvalue weighted by Gasteiger charge is 2.18. The summed E-state index contributed by atoms with van der Waals surface area (Å²) in [6.07, 6.45) is 3.61. The standard InChI is InChI=1S/C15H23NO5S/c1-20-11-13-9-14(17)5-6-15(13)16-22(18,19)8-7-21-10-12-3-2-4-12/h5-6,9,12,16-17H,2-4,7-8,10-11H2,1H3. The largest absolute Gasteiger partial charge is 0.508 e. The van der Waals surface area contributed by atoms with E-state index < -0.39 is 10.0 Å². The lowest BCUT2D eigenvalue weighted by atomic mass is 9.86. The highest BCUT2D eigenvalue weighted by molar-refractivity contribution is 7.92. The minimum absolute atomic E-state index is 0.0684. The van der Waals surface area contributed by atoms with Crippen molar-refractivity contribution in [3.8, 4) is 5.75 Å². The van der Waals surface area contributed by atoms with Crippen LogP contribution in [0.5, 0.6) is 5.75 Å². The molecule has 0 aliphatic heterocycles. The average Bonchev–Trinajstić information content (AvgIpc) is 2.40. The highest BCUT2D eigenvalue weighted by Crippen LogP contribution is 2.26. The lowest BCUT2D eigenvalue weighted by molar-refractivity contribution is 0.0800. The van der Waals surface area contributed by atoms with Gasteiger partial charge in [-0.15, -0.1) is 0 Å². The Kier molecular flexibility index (Phi) is 6.05. The molecule has 1 fully saturated rings. The van der Waals surface area contributed by atoms with E-state index in [0.717, 1.165) is 0 Å². The SMILES string of the molecule is COCc1cc(O)ccc1NS(=O)(=O)CCOCC1CCC1. The van der Waals surface area contributed by atoms with Gasteiger partial charge in [-0.1, -0.05) is 6.42 Å². The lowest BCUT2D eigenvalue weighted by Gasteiger charge is -2.24. The molecular formula is C15H23NO5S. The number of anilines is 1. The molecule has 0 amide bonds. The molecule has 1 saturated carbocycles. The smallest absolute Gasteiger partial charge is 0.235 e. The normalized spacial score (nSPS) is 15.5. The van der Waals surface area contributed by atoms with E-state index in [1.54, 1.807) is 0 Å². The number of sulfonamides is 1. The van der Waals surface area contributed by atoms with Gasteiger partial charge < -0.3 is 14.6 Å². The molecule has 2 rings (SSSR count). The number of rotatable bonds is 9. The van der Waals surface area contributed by atoms with Crippen LogP contribution in [-0.4, -0.2) is 39.6 Å². The van der Waals surface area contributed by atoms with Gasteiger partial charge in [0.1, 0.15) is 5.75 Å². The van der Waals surface area contributed by atoms with Crippen LogP contribution < -0.4 is 4.72 Å². The Hall–Kier alpha value is -1.31. The summed E-state index contributed by atoms with van der Waals surface area (Å²) in [4.78, 5) is 0. The monoisotopic (exact) mass is 329 g/mol. The second kappa shape index (κ2) is 7.80. The van der Waals surface area contributed by atoms with Crippen LogP contribution in [0.4, 0.5) is 5.69 Å². The number of nitrogens with one attached hydrogen (secondary N) is 1. The zero-order valence-corrected chi connectivity index (χ0v) is 13.6. The summed E-state index contributed by atoms with van der Waals surface area (Å²) in [6.45, 7) is 1.04. The maximum Gasteiger partial charge on any atom is 0.235 e. The summed E-state index contributed by atoms with van der Waals surface area (Å²) in [5, 5.41) is 9.46. The van der Waals surface area contributed by atoms with Crippen LogP contribution in [0.15, 0.2) is 18.2 Å². The minimum atomic E-state index is -3.49. The Morgan fingerprint density at radius 2 is 2.14 bits per heavy atom. The Morgan fingerprint density at radius 1 is 1.36 bits per heavy atom. The summed E-state index contributed by atoms with van der Waals surface area (Å²) in [7, 11) is -1.98. The zero-order chi connectivity index (χ0) is 16.0. The quantitative estimate of drug-likeness (QED) is 0.535. The third-order valence-electron chi connectivity index (χ3n) is 3.73. The van der Waals surface area contributed by atoms with Crippen molar-refractivity contribution in [2.45, 2.75) is 25.9 Å². The van der Waals surface area contributed by atoms with Gasteiger partial charge in [-0.25, -0.2) is 8.42 Å². The van der Waals surface area contributed by atoms with E-state index in [2.05, 4.69) is 4.72 Å². The van der Waals surface area contributed by atoms with Gasteiger partial charge in [0.15, 0.2) is 0 Å². The number of hydrogen-bond donors (Lipinski definition) is 2. The van der Waals surface area contributed by atoms with Crippen molar-refractivity contribution >= 4 is 15.7 Å². The van der Waals surface area contributed by atoms with Crippen molar-refractivity contribution in [3.63, 3.8) is 0 Å². The van der Waals surface area contributed by atoms with E-state index in [1.807, 2.05) is 0 Å². The van der Waals surface area contributed by atoms with Crippen molar-refractivity contribution < 1.29 is 23.0 Å². The third-order valence-corrected chi connectivity index (χ3v) is 4.96. The van der Waals surface area contributed by atoms with Crippen LogP contribution in [0, 0.1) is 5.92 Å². The number of ether oxygens (including phenoxy) is 2. The minimum Gasteiger partial charge on any atom is -0.508 e. The van der Waals surface area contributed by atoms with Crippen LogP contribution in [0.1, 0.15) is 24.8 Å². The molecule has 2 N–H and O–H groups in total. The fourth-order valence-corrected chi connectivity index (χ4v) is 3.22. The fraction of sp³-hybridized carbons (Fsp3) is 0.600. The second-order valence-corrected chi connectivity index (χ2v) is 7.41. The van der Waals surface area contributed by atoms with Crippen molar-refractivity contribution in [1.29, 1.82) is 0 Å². The first kappa shape index (κ1) is 17.1. The van der Waals surface area contributed by atoms with Crippen molar-refractivity contribution in [1.82, 2.24) is 0 Å². The van der Waals surface area contributed by atoms with E-state index in [-0.39, 0.29) is 24.7 Å². The predicted molar refractivity (Wildman–Crippen MR) is 84.4 cm³/mol. The number of benzene rings is 1. The summed E-state index contributed by atoms with van der Waals surface area (Å²) in [5.41, 5.74) is 1.00. The van der Waals surface area contributed by atoms with E-state index in [1.165, 1.54) is 44.6 Å². The molecule has 0 unspecified atom stereocenters. The first-order valence-corrected chi connectivity index (χ1v) is 9.04. The molecule has 1 aliphatic carbocycles. The molecule has 0 heterocycles. The summed E-state index contributed by atoms with van der Waals surface area (Å²) >= 11 is 0. The van der Waals surface area contributed by atoms with Gasteiger partial charge in [-0.2, -0.15) is 0 Å². The molecule has 1 aromatic rings. The molecule has 1 aromatic carbocycles. The average molecular weight is 329 g/mol. The molecule has 22 heavy (non-hydrogen) atoms. The fourth-order valence-electron chi connectivity index (χ4n) is 2.25. The number of methoxy groups -OCH3 is 1. The molecule has 0 saturated heterocycles. The molecule has 124 valence electrons. The summed E-state index contributed by atoms with van der Waals surface area (Å²) in [6, 6.07) is 4.44. The Bertz CT molecular complexity index is 584. The Balaban J connectivity index is 1.87. The topological polar surface area (TPSA) is 84.9 Å². The van der Waals surface area contributed by atoms with Crippen molar-refractivity contribution in [2.75, 3.05) is 30.8 Å². The van der Waals surface area contributed by atoms with Gasteiger partial charge >= 0.3 is 0 Å². The second-order valence-electron chi connectivity index (χ2n) is 5.57. The molecule has 1 aliphatic rings. The van der Waals surface area contributed by atoms with Crippen LogP contribution in [-0.2, 0) is 26.1 Å². The van der Waals surface area contributed by atoms with Crippen molar-refractivity contribution in [3.05, 3.63) is 23.8 Å². The molecule has 7 heteroatoms. The van der Waals surface area contributed by atoms with Gasteiger partial charge in [0, 0.05) is 19.3 Å². The Labute approximate surface area is 131 Å². The first-order valence-electron chi connectivity index (χ1n) is 7.39. The molecule has 6 nitrogen and oxygen atoms in total. The maximum atomic E-state index is 12.1. The number of phenols is 1. The maximum absolute atomic E-state index is 12.1. The predicted octanol–water partition coefficient (Wildman–Crippen LogP) is 2.10. The van der Waals surface area contributed by atoms with Crippen LogP contribution in [0.2, 0.25) is 0 Å². The van der Waals surface area contributed by atoms with E-state index in [4.69, 9.17) is 9.47 Å². The van der Waals surface area contributed by atoms with Crippen LogP contribution in [0.25, 0.3) is 0 Å². The van der Waals surface area contributed by atoms with Gasteiger partial charge in [0.05, 0.1) is 24.7 Å². The molecule has 0 radical (unpaired) electrons. The lowest BCUT2D eigenvalue weighted by Crippen LogP contribution is -2.23. The molecule has 0 aromatic heterocycles. The number of hydrogen-bond acceptors (Lipinski definition) is 5. The van der Waals surface area contributed by atoms with Gasteiger partial charge in [-0.05, 0) is 37.0 Å². The van der Waals surface area contributed by atoms with Crippen LogP contribution in [0.3, 0.4) is 0 Å². The van der Waals surface area contributed by atoms with E-state index in [9.17, 15) is 13.5 Å². The van der Waals surface area contributed by atoms with E-state index >= 15 is 0 Å². The van der Waals surface area contributed by atoms with Crippen LogP contribution >= 0.6 is 0 Å². The zero-order valence-electron chi connectivity index (χ0n) is 12.7. The first-order chi connectivity index (χ1) is 10.5. The van der Waals surface area contributed by atoms with Crippen molar-refractivity contribution in [2.24, 2.45) is 5.92 Å². The van der Waals surface area contributed by atoms with Gasteiger partial charge in [-0.3, -0.25) is 4.72 Å². The van der Waals surface area contributed by atoms with Gasteiger partial charge in [0.2, 0.25) is 10.0 Å².